The zero-order valence-corrected chi connectivity index (χ0v) is 18.3. The van der Waals surface area contributed by atoms with Crippen LogP contribution in [0.4, 0.5) is 0 Å². The Morgan fingerprint density at radius 3 is 2.12 bits per heavy atom. The van der Waals surface area contributed by atoms with Gasteiger partial charge >= 0.3 is 0 Å². The number of carbonyl (C=O) groups excluding carboxylic acids is 1. The van der Waals surface area contributed by atoms with Crippen molar-refractivity contribution in [2.45, 2.75) is 98.8 Å². The highest BCUT2D eigenvalue weighted by Gasteiger charge is 2.60. The summed E-state index contributed by atoms with van der Waals surface area (Å²) >= 11 is 0. The normalized spacial score (nSPS) is 46.3. The van der Waals surface area contributed by atoms with Crippen LogP contribution in [0.25, 0.3) is 0 Å². The molecule has 152 valence electrons. The number of rotatable bonds is 1. The maximum atomic E-state index is 12.2. The van der Waals surface area contributed by atoms with Crippen molar-refractivity contribution in [1.29, 1.82) is 0 Å². The van der Waals surface area contributed by atoms with Crippen molar-refractivity contribution in [2.75, 3.05) is 7.11 Å². The molecule has 0 saturated heterocycles. The molecule has 4 rings (SSSR count). The lowest BCUT2D eigenvalue weighted by Gasteiger charge is -2.60. The molecule has 0 aliphatic heterocycles. The molecule has 4 saturated carbocycles. The first kappa shape index (κ1) is 21.9. The number of hydrogen-bond donors (Lipinski definition) is 1. The van der Waals surface area contributed by atoms with Crippen LogP contribution in [0.2, 0.25) is 0 Å². The highest BCUT2D eigenvalue weighted by Crippen LogP contribution is 2.67. The smallest absolute Gasteiger partial charge is 0.133 e. The molecule has 0 heterocycles. The van der Waals surface area contributed by atoms with Gasteiger partial charge in [-0.25, -0.2) is 0 Å². The van der Waals surface area contributed by atoms with E-state index in [1.54, 1.807) is 0 Å². The fourth-order valence-electron chi connectivity index (χ4n) is 7.96. The Morgan fingerprint density at radius 1 is 0.808 bits per heavy atom. The van der Waals surface area contributed by atoms with E-state index in [1.807, 2.05) is 20.8 Å². The van der Waals surface area contributed by atoms with Crippen LogP contribution in [0.1, 0.15) is 98.8 Å². The van der Waals surface area contributed by atoms with Crippen molar-refractivity contribution in [3.05, 3.63) is 0 Å². The van der Waals surface area contributed by atoms with Crippen LogP contribution in [-0.2, 0) is 4.79 Å². The lowest BCUT2D eigenvalue weighted by molar-refractivity contribution is -0.133. The molecule has 2 nitrogen and oxygen atoms in total. The van der Waals surface area contributed by atoms with Gasteiger partial charge < -0.3 is 5.11 Å². The van der Waals surface area contributed by atoms with E-state index in [0.717, 1.165) is 30.8 Å². The van der Waals surface area contributed by atoms with E-state index in [1.165, 1.54) is 64.2 Å². The molecule has 4 aliphatic rings. The van der Waals surface area contributed by atoms with Crippen molar-refractivity contribution in [1.82, 2.24) is 0 Å². The third-order valence-corrected chi connectivity index (χ3v) is 9.07. The zero-order valence-electron chi connectivity index (χ0n) is 18.3. The minimum Gasteiger partial charge on any atom is -0.400 e. The molecule has 2 heteroatoms. The standard InChI is InChI=1S/C21H34O.C2H6.CH4O/c1-14(22)17-9-10-18-16-8-7-15-6-4-5-12-20(15,2)19(16)11-13-21(17,18)3;2*1-2/h15-19H,4-13H2,1-3H3;1-2H3;2H,1H3. The molecule has 7 unspecified atom stereocenters. The van der Waals surface area contributed by atoms with Gasteiger partial charge in [0.1, 0.15) is 5.78 Å². The Kier molecular flexibility index (Phi) is 7.38. The second kappa shape index (κ2) is 8.76. The molecule has 0 spiro atoms. The summed E-state index contributed by atoms with van der Waals surface area (Å²) in [6, 6.07) is 0. The van der Waals surface area contributed by atoms with E-state index in [-0.39, 0.29) is 0 Å². The largest absolute Gasteiger partial charge is 0.400 e. The van der Waals surface area contributed by atoms with E-state index >= 15 is 0 Å². The van der Waals surface area contributed by atoms with Crippen molar-refractivity contribution in [3.63, 3.8) is 0 Å². The van der Waals surface area contributed by atoms with Gasteiger partial charge in [0.05, 0.1) is 0 Å². The average molecular weight is 365 g/mol. The summed E-state index contributed by atoms with van der Waals surface area (Å²) in [5.74, 6) is 4.60. The van der Waals surface area contributed by atoms with E-state index in [9.17, 15) is 4.79 Å². The number of aliphatic hydroxyl groups is 1. The average Bonchev–Trinajstić information content (AvgIpc) is 3.02. The zero-order chi connectivity index (χ0) is 19.5. The second-order valence-corrected chi connectivity index (χ2v) is 9.69. The third-order valence-electron chi connectivity index (χ3n) is 9.07. The number of fused-ring (bicyclic) bond motifs is 5. The van der Waals surface area contributed by atoms with Crippen LogP contribution >= 0.6 is 0 Å². The van der Waals surface area contributed by atoms with Crippen LogP contribution in [0.3, 0.4) is 0 Å². The maximum Gasteiger partial charge on any atom is 0.133 e. The number of aliphatic hydroxyl groups excluding tert-OH is 1. The Balaban J connectivity index is 0.000000570. The quantitative estimate of drug-likeness (QED) is 0.596. The second-order valence-electron chi connectivity index (χ2n) is 9.69. The van der Waals surface area contributed by atoms with Crippen LogP contribution in [0, 0.1) is 40.4 Å². The summed E-state index contributed by atoms with van der Waals surface area (Å²) in [6.07, 6.45) is 14.1. The molecule has 0 aromatic carbocycles. The molecule has 26 heavy (non-hydrogen) atoms. The van der Waals surface area contributed by atoms with Gasteiger partial charge in [-0.15, -0.1) is 0 Å². The van der Waals surface area contributed by atoms with E-state index in [4.69, 9.17) is 5.11 Å². The van der Waals surface area contributed by atoms with E-state index < -0.39 is 0 Å². The monoisotopic (exact) mass is 364 g/mol. The maximum absolute atomic E-state index is 12.2. The topological polar surface area (TPSA) is 37.3 Å². The van der Waals surface area contributed by atoms with Crippen LogP contribution in [0.5, 0.6) is 0 Å². The van der Waals surface area contributed by atoms with Crippen molar-refractivity contribution < 1.29 is 9.90 Å². The van der Waals surface area contributed by atoms with E-state index in [0.29, 0.717) is 22.5 Å². The minimum absolute atomic E-state index is 0.338. The Hall–Kier alpha value is -0.370. The fourth-order valence-corrected chi connectivity index (χ4v) is 7.96. The van der Waals surface area contributed by atoms with Gasteiger partial charge in [-0.3, -0.25) is 4.79 Å². The van der Waals surface area contributed by atoms with Gasteiger partial charge in [0.15, 0.2) is 0 Å². The molecule has 0 aromatic heterocycles. The molecular formula is C24H44O2. The summed E-state index contributed by atoms with van der Waals surface area (Å²) in [5.41, 5.74) is 0.974. The molecule has 7 atom stereocenters. The third kappa shape index (κ3) is 3.40. The Labute approximate surface area is 162 Å². The molecule has 4 fully saturated rings. The molecule has 4 aliphatic carbocycles. The van der Waals surface area contributed by atoms with Gasteiger partial charge in [-0.1, -0.05) is 40.5 Å². The van der Waals surface area contributed by atoms with Gasteiger partial charge in [0.2, 0.25) is 0 Å². The van der Waals surface area contributed by atoms with Crippen LogP contribution < -0.4 is 0 Å². The molecule has 0 bridgehead atoms. The lowest BCUT2D eigenvalue weighted by atomic mass is 9.45. The van der Waals surface area contributed by atoms with Gasteiger partial charge in [0.25, 0.3) is 0 Å². The minimum atomic E-state index is 0.338. The molecular weight excluding hydrogens is 320 g/mol. The summed E-state index contributed by atoms with van der Waals surface area (Å²) in [5, 5.41) is 7.00. The summed E-state index contributed by atoms with van der Waals surface area (Å²) in [6.45, 7) is 11.0. The molecule has 0 radical (unpaired) electrons. The highest BCUT2D eigenvalue weighted by atomic mass is 16.2. The number of ketones is 1. The highest BCUT2D eigenvalue weighted by molar-refractivity contribution is 5.79. The predicted molar refractivity (Wildman–Crippen MR) is 110 cm³/mol. The molecule has 0 aromatic rings. The SMILES string of the molecule is CC.CC(=O)C1CCC2C3CCC4CCCCC4(C)C3CCC12C.CO. The summed E-state index contributed by atoms with van der Waals surface area (Å²) in [7, 11) is 1.00. The summed E-state index contributed by atoms with van der Waals surface area (Å²) in [4.78, 5) is 12.2. The van der Waals surface area contributed by atoms with E-state index in [2.05, 4.69) is 13.8 Å². The summed E-state index contributed by atoms with van der Waals surface area (Å²) < 4.78 is 0. The molecule has 1 N–H and O–H groups in total. The predicted octanol–water partition coefficient (Wildman–Crippen LogP) is 6.26. The number of hydrogen-bond acceptors (Lipinski definition) is 2. The first-order chi connectivity index (χ1) is 12.5. The fraction of sp³-hybridized carbons (Fsp3) is 0.958. The van der Waals surface area contributed by atoms with Crippen LogP contribution in [0.15, 0.2) is 0 Å². The van der Waals surface area contributed by atoms with Gasteiger partial charge in [-0.2, -0.15) is 0 Å². The first-order valence-electron chi connectivity index (χ1n) is 11.4. The molecule has 0 amide bonds. The van der Waals surface area contributed by atoms with Gasteiger partial charge in [0, 0.05) is 13.0 Å². The Bertz CT molecular complexity index is 473. The van der Waals surface area contributed by atoms with Gasteiger partial charge in [-0.05, 0) is 92.8 Å². The van der Waals surface area contributed by atoms with Crippen molar-refractivity contribution in [3.8, 4) is 0 Å². The number of carbonyl (C=O) groups is 1. The van der Waals surface area contributed by atoms with Crippen molar-refractivity contribution >= 4 is 5.78 Å². The lowest BCUT2D eigenvalue weighted by Crippen LogP contribution is -2.53. The van der Waals surface area contributed by atoms with Crippen molar-refractivity contribution in [2.24, 2.45) is 40.4 Å². The Morgan fingerprint density at radius 2 is 1.46 bits per heavy atom. The van der Waals surface area contributed by atoms with Crippen LogP contribution in [-0.4, -0.2) is 18.0 Å². The first-order valence-corrected chi connectivity index (χ1v) is 11.4. The number of Topliss-reactive ketones (excluding diaryl/α,β-unsaturated/α-hetero) is 1.